The van der Waals surface area contributed by atoms with E-state index >= 15 is 0 Å². The molecule has 2 aromatic heterocycles. The van der Waals surface area contributed by atoms with E-state index in [2.05, 4.69) is 56.6 Å². The summed E-state index contributed by atoms with van der Waals surface area (Å²) in [5.74, 6) is 1.06. The molecule has 1 aromatic carbocycles. The summed E-state index contributed by atoms with van der Waals surface area (Å²) in [4.78, 5) is 4.62. The summed E-state index contributed by atoms with van der Waals surface area (Å²) in [6.45, 7) is 2.09. The number of fused-ring (bicyclic) bond motifs is 1. The van der Waals surface area contributed by atoms with Crippen LogP contribution in [0.1, 0.15) is 17.0 Å². The summed E-state index contributed by atoms with van der Waals surface area (Å²) in [6, 6.07) is 12.2. The molecule has 0 fully saturated rings. The molecule has 0 saturated heterocycles. The van der Waals surface area contributed by atoms with Gasteiger partial charge in [-0.15, -0.1) is 0 Å². The Hall–Kier alpha value is -1.32. The van der Waals surface area contributed by atoms with Crippen molar-refractivity contribution in [3.63, 3.8) is 0 Å². The van der Waals surface area contributed by atoms with Gasteiger partial charge in [0.25, 0.3) is 0 Å². The first-order valence-electron chi connectivity index (χ1n) is 6.51. The highest BCUT2D eigenvalue weighted by Crippen LogP contribution is 2.21. The number of hydrogen-bond acceptors (Lipinski definition) is 1. The quantitative estimate of drug-likeness (QED) is 0.661. The van der Waals surface area contributed by atoms with Gasteiger partial charge in [-0.2, -0.15) is 0 Å². The maximum Gasteiger partial charge on any atom is 0.132 e. The van der Waals surface area contributed by atoms with E-state index in [1.54, 1.807) is 0 Å². The summed E-state index contributed by atoms with van der Waals surface area (Å²) in [7, 11) is 0. The van der Waals surface area contributed by atoms with Gasteiger partial charge in [0.1, 0.15) is 10.4 Å². The normalized spacial score (nSPS) is 11.2. The number of nitrogens with zero attached hydrogens (tertiary/aromatic N) is 2. The maximum absolute atomic E-state index is 6.01. The van der Waals surface area contributed by atoms with Gasteiger partial charge >= 0.3 is 0 Å². The molecule has 2 nitrogen and oxygen atoms in total. The summed E-state index contributed by atoms with van der Waals surface area (Å²) in [5.41, 5.74) is 3.59. The lowest BCUT2D eigenvalue weighted by atomic mass is 10.1. The van der Waals surface area contributed by atoms with E-state index in [-0.39, 0.29) is 0 Å². The number of aryl methyl sites for hydroxylation is 3. The molecule has 2 heterocycles. The zero-order chi connectivity index (χ0) is 14.1. The van der Waals surface area contributed by atoms with Crippen LogP contribution in [0.5, 0.6) is 0 Å². The summed E-state index contributed by atoms with van der Waals surface area (Å²) in [6.07, 6.45) is 3.89. The molecule has 0 bridgehead atoms. The van der Waals surface area contributed by atoms with Crippen LogP contribution in [-0.4, -0.2) is 9.38 Å². The molecule has 0 aliphatic heterocycles. The fourth-order valence-corrected chi connectivity index (χ4v) is 3.06. The van der Waals surface area contributed by atoms with Crippen molar-refractivity contribution in [1.82, 2.24) is 9.38 Å². The van der Waals surface area contributed by atoms with Crippen LogP contribution >= 0.6 is 27.5 Å². The summed E-state index contributed by atoms with van der Waals surface area (Å²) in [5, 5.41) is 0.785. The first-order chi connectivity index (χ1) is 9.63. The monoisotopic (exact) mass is 348 g/mol. The molecule has 3 rings (SSSR count). The smallest absolute Gasteiger partial charge is 0.132 e. The lowest BCUT2D eigenvalue weighted by Gasteiger charge is -2.03. The van der Waals surface area contributed by atoms with Crippen LogP contribution in [0.15, 0.2) is 47.2 Å². The predicted molar refractivity (Wildman–Crippen MR) is 86.5 cm³/mol. The Morgan fingerprint density at radius 1 is 1.20 bits per heavy atom. The van der Waals surface area contributed by atoms with Crippen LogP contribution < -0.4 is 0 Å². The third-order valence-corrected chi connectivity index (χ3v) is 4.17. The first-order valence-corrected chi connectivity index (χ1v) is 7.68. The Kier molecular flexibility index (Phi) is 3.81. The van der Waals surface area contributed by atoms with Crippen LogP contribution in [0.4, 0.5) is 0 Å². The molecule has 0 N–H and O–H groups in total. The summed E-state index contributed by atoms with van der Waals surface area (Å²) >= 11 is 9.55. The largest absolute Gasteiger partial charge is 0.303 e. The Bertz CT molecular complexity index is 764. The molecule has 3 aromatic rings. The Balaban J connectivity index is 1.88. The average Bonchev–Trinajstić information content (AvgIpc) is 2.73. The van der Waals surface area contributed by atoms with Crippen molar-refractivity contribution < 1.29 is 0 Å². The van der Waals surface area contributed by atoms with Crippen LogP contribution in [-0.2, 0) is 12.8 Å². The fourth-order valence-electron chi connectivity index (χ4n) is 2.34. The van der Waals surface area contributed by atoms with Crippen LogP contribution in [0.2, 0.25) is 5.02 Å². The standard InChI is InChI=1S/C16H14BrClN2/c1-11-7-8-20-14(9-11)16(17)19-15(20)6-5-12-3-2-4-13(18)10-12/h2-4,7-10H,5-6H2,1H3. The van der Waals surface area contributed by atoms with Gasteiger partial charge in [-0.1, -0.05) is 23.7 Å². The van der Waals surface area contributed by atoms with Gasteiger partial charge in [0.05, 0.1) is 5.52 Å². The van der Waals surface area contributed by atoms with E-state index in [1.165, 1.54) is 11.1 Å². The maximum atomic E-state index is 6.01. The second-order valence-electron chi connectivity index (χ2n) is 4.91. The van der Waals surface area contributed by atoms with Crippen molar-refractivity contribution in [2.24, 2.45) is 0 Å². The van der Waals surface area contributed by atoms with Gasteiger partial charge in [-0.25, -0.2) is 4.98 Å². The highest BCUT2D eigenvalue weighted by Gasteiger charge is 2.09. The van der Waals surface area contributed by atoms with Crippen molar-refractivity contribution in [2.45, 2.75) is 19.8 Å². The van der Waals surface area contributed by atoms with Gasteiger partial charge in [0, 0.05) is 17.6 Å². The van der Waals surface area contributed by atoms with E-state index in [0.717, 1.165) is 33.8 Å². The third-order valence-electron chi connectivity index (χ3n) is 3.35. The zero-order valence-electron chi connectivity index (χ0n) is 11.1. The highest BCUT2D eigenvalue weighted by atomic mass is 79.9. The second-order valence-corrected chi connectivity index (χ2v) is 6.10. The molecule has 0 radical (unpaired) electrons. The molecule has 0 saturated carbocycles. The van der Waals surface area contributed by atoms with Gasteiger partial charge in [-0.05, 0) is 64.7 Å². The highest BCUT2D eigenvalue weighted by molar-refractivity contribution is 9.10. The Morgan fingerprint density at radius 2 is 2.05 bits per heavy atom. The zero-order valence-corrected chi connectivity index (χ0v) is 13.4. The lowest BCUT2D eigenvalue weighted by molar-refractivity contribution is 0.852. The Morgan fingerprint density at radius 3 is 2.85 bits per heavy atom. The van der Waals surface area contributed by atoms with Crippen LogP contribution in [0.3, 0.4) is 0 Å². The van der Waals surface area contributed by atoms with E-state index in [9.17, 15) is 0 Å². The van der Waals surface area contributed by atoms with Crippen molar-refractivity contribution in [2.75, 3.05) is 0 Å². The molecule has 4 heteroatoms. The van der Waals surface area contributed by atoms with Gasteiger partial charge in [-0.3, -0.25) is 0 Å². The topological polar surface area (TPSA) is 17.3 Å². The molecule has 0 aliphatic rings. The molecule has 0 spiro atoms. The van der Waals surface area contributed by atoms with E-state index in [0.29, 0.717) is 0 Å². The van der Waals surface area contributed by atoms with Crippen molar-refractivity contribution >= 4 is 33.0 Å². The number of rotatable bonds is 3. The fraction of sp³-hybridized carbons (Fsp3) is 0.188. The van der Waals surface area contributed by atoms with Gasteiger partial charge in [0.2, 0.25) is 0 Å². The second kappa shape index (κ2) is 5.58. The first kappa shape index (κ1) is 13.7. The molecule has 0 atom stereocenters. The minimum absolute atomic E-state index is 0.785. The minimum Gasteiger partial charge on any atom is -0.303 e. The number of imidazole rings is 1. The Labute approximate surface area is 131 Å². The summed E-state index contributed by atoms with van der Waals surface area (Å²) < 4.78 is 3.05. The molecule has 0 amide bonds. The van der Waals surface area contributed by atoms with Crippen LogP contribution in [0, 0.1) is 6.92 Å². The number of pyridine rings is 1. The lowest BCUT2D eigenvalue weighted by Crippen LogP contribution is -1.98. The van der Waals surface area contributed by atoms with E-state index < -0.39 is 0 Å². The SMILES string of the molecule is Cc1ccn2c(CCc3cccc(Cl)c3)nc(Br)c2c1. The van der Waals surface area contributed by atoms with Crippen molar-refractivity contribution in [1.29, 1.82) is 0 Å². The van der Waals surface area contributed by atoms with Crippen molar-refractivity contribution in [3.05, 3.63) is 69.2 Å². The van der Waals surface area contributed by atoms with E-state index in [4.69, 9.17) is 11.6 Å². The predicted octanol–water partition coefficient (Wildman–Crippen LogP) is 4.84. The van der Waals surface area contributed by atoms with Gasteiger partial charge < -0.3 is 4.40 Å². The number of hydrogen-bond donors (Lipinski definition) is 0. The number of halogens is 2. The number of aromatic nitrogens is 2. The minimum atomic E-state index is 0.785. The molecule has 0 unspecified atom stereocenters. The molecule has 0 aliphatic carbocycles. The number of benzene rings is 1. The van der Waals surface area contributed by atoms with Gasteiger partial charge in [0.15, 0.2) is 0 Å². The van der Waals surface area contributed by atoms with Crippen molar-refractivity contribution in [3.8, 4) is 0 Å². The molecular weight excluding hydrogens is 336 g/mol. The van der Waals surface area contributed by atoms with Crippen LogP contribution in [0.25, 0.3) is 5.52 Å². The van der Waals surface area contributed by atoms with E-state index in [1.807, 2.05) is 18.2 Å². The molecule has 102 valence electrons. The third kappa shape index (κ3) is 2.74. The molecule has 20 heavy (non-hydrogen) atoms. The molecular formula is C16H14BrClN2. The average molecular weight is 350 g/mol.